The number of piperazine rings is 3. The summed E-state index contributed by atoms with van der Waals surface area (Å²) in [5.41, 5.74) is 7.04. The van der Waals surface area contributed by atoms with E-state index in [2.05, 4.69) is 25.7 Å². The molecule has 2 N–H and O–H groups in total. The van der Waals surface area contributed by atoms with Crippen molar-refractivity contribution in [2.75, 3.05) is 32.7 Å². The Morgan fingerprint density at radius 1 is 1.32 bits per heavy atom. The van der Waals surface area contributed by atoms with Gasteiger partial charge in [-0.25, -0.2) is 4.39 Å². The highest BCUT2D eigenvalue weighted by Gasteiger charge is 2.35. The molecule has 3 aliphatic heterocycles. The smallest absolute Gasteiger partial charge is 0.126 e. The fraction of sp³-hybridized carbons (Fsp3) is 0.571. The molecule has 3 fully saturated rings. The van der Waals surface area contributed by atoms with Crippen LogP contribution in [0, 0.1) is 5.82 Å². The van der Waals surface area contributed by atoms with Gasteiger partial charge in [0, 0.05) is 49.3 Å². The van der Waals surface area contributed by atoms with Crippen molar-refractivity contribution in [2.45, 2.75) is 18.5 Å². The van der Waals surface area contributed by atoms with Crippen LogP contribution < -0.4 is 5.73 Å². The zero-order chi connectivity index (χ0) is 13.4. The number of nitrogens with zero attached hydrogens (tertiary/aromatic N) is 2. The van der Waals surface area contributed by atoms with E-state index in [4.69, 9.17) is 5.73 Å². The van der Waals surface area contributed by atoms with Gasteiger partial charge < -0.3 is 5.73 Å². The van der Waals surface area contributed by atoms with E-state index < -0.39 is 0 Å². The van der Waals surface area contributed by atoms with Crippen LogP contribution in [-0.2, 0) is 6.42 Å². The lowest BCUT2D eigenvalue weighted by Crippen LogP contribution is -2.66. The molecule has 2 unspecified atom stereocenters. The zero-order valence-electron chi connectivity index (χ0n) is 10.9. The van der Waals surface area contributed by atoms with E-state index in [-0.39, 0.29) is 11.9 Å². The van der Waals surface area contributed by atoms with Crippen molar-refractivity contribution < 1.29 is 4.39 Å². The van der Waals surface area contributed by atoms with Gasteiger partial charge in [-0.2, -0.15) is 0 Å². The summed E-state index contributed by atoms with van der Waals surface area (Å²) in [6.07, 6.45) is 0.597. The van der Waals surface area contributed by atoms with Gasteiger partial charge in [0.25, 0.3) is 0 Å². The number of fused-ring (bicyclic) bond motifs is 3. The molecule has 19 heavy (non-hydrogen) atoms. The minimum Gasteiger partial charge on any atom is -0.326 e. The average molecular weight is 328 g/mol. The lowest BCUT2D eigenvalue weighted by atomic mass is 9.95. The van der Waals surface area contributed by atoms with Gasteiger partial charge in [0.1, 0.15) is 5.82 Å². The van der Waals surface area contributed by atoms with Crippen molar-refractivity contribution in [2.24, 2.45) is 5.73 Å². The van der Waals surface area contributed by atoms with Crippen molar-refractivity contribution in [1.29, 1.82) is 0 Å². The van der Waals surface area contributed by atoms with Crippen LogP contribution in [0.25, 0.3) is 0 Å². The molecule has 3 aliphatic rings. The van der Waals surface area contributed by atoms with Gasteiger partial charge in [-0.3, -0.25) is 9.80 Å². The quantitative estimate of drug-likeness (QED) is 0.912. The predicted molar refractivity (Wildman–Crippen MR) is 77.6 cm³/mol. The first-order chi connectivity index (χ1) is 9.13. The minimum absolute atomic E-state index is 0.00750. The van der Waals surface area contributed by atoms with E-state index in [0.717, 1.165) is 37.2 Å². The normalized spacial score (nSPS) is 31.4. The molecular weight excluding hydrogens is 309 g/mol. The molecule has 0 aliphatic carbocycles. The molecular formula is C14H19BrFN3. The summed E-state index contributed by atoms with van der Waals surface area (Å²) in [7, 11) is 0. The summed E-state index contributed by atoms with van der Waals surface area (Å²) in [6, 6.07) is 5.42. The monoisotopic (exact) mass is 327 g/mol. The van der Waals surface area contributed by atoms with E-state index in [1.807, 2.05) is 6.07 Å². The first-order valence-electron chi connectivity index (χ1n) is 6.79. The average Bonchev–Trinajstić information content (AvgIpc) is 2.44. The summed E-state index contributed by atoms with van der Waals surface area (Å²) in [5, 5.41) is 0. The van der Waals surface area contributed by atoms with Gasteiger partial charge in [0.05, 0.1) is 0 Å². The molecule has 0 radical (unpaired) electrons. The molecule has 3 saturated heterocycles. The van der Waals surface area contributed by atoms with Gasteiger partial charge in [-0.05, 0) is 30.2 Å². The Hall–Kier alpha value is -0.490. The molecule has 2 bridgehead atoms. The van der Waals surface area contributed by atoms with Gasteiger partial charge >= 0.3 is 0 Å². The fourth-order valence-corrected chi connectivity index (χ4v) is 3.56. The van der Waals surface area contributed by atoms with E-state index in [1.165, 1.54) is 6.07 Å². The minimum atomic E-state index is -0.157. The molecule has 0 spiro atoms. The van der Waals surface area contributed by atoms with E-state index in [0.29, 0.717) is 18.0 Å². The van der Waals surface area contributed by atoms with Crippen LogP contribution in [0.4, 0.5) is 4.39 Å². The second-order valence-corrected chi connectivity index (χ2v) is 6.42. The molecule has 3 heterocycles. The topological polar surface area (TPSA) is 32.5 Å². The van der Waals surface area contributed by atoms with Crippen LogP contribution in [0.3, 0.4) is 0 Å². The molecule has 2 atom stereocenters. The lowest BCUT2D eigenvalue weighted by molar-refractivity contribution is 0.00249. The maximum atomic E-state index is 13.8. The van der Waals surface area contributed by atoms with Crippen molar-refractivity contribution in [3.63, 3.8) is 0 Å². The molecule has 1 aromatic carbocycles. The highest BCUT2D eigenvalue weighted by Crippen LogP contribution is 2.22. The Morgan fingerprint density at radius 2 is 2.05 bits per heavy atom. The van der Waals surface area contributed by atoms with E-state index in [1.54, 1.807) is 6.07 Å². The number of hydrogen-bond donors (Lipinski definition) is 1. The number of nitrogens with two attached hydrogens (primary N) is 1. The van der Waals surface area contributed by atoms with E-state index >= 15 is 0 Å². The number of hydrogen-bond acceptors (Lipinski definition) is 3. The summed E-state index contributed by atoms with van der Waals surface area (Å²) in [5.74, 6) is -0.157. The van der Waals surface area contributed by atoms with Crippen molar-refractivity contribution in [3.05, 3.63) is 34.1 Å². The van der Waals surface area contributed by atoms with Crippen molar-refractivity contribution in [1.82, 2.24) is 9.80 Å². The number of benzene rings is 1. The second kappa shape index (κ2) is 5.48. The Kier molecular flexibility index (Phi) is 3.89. The van der Waals surface area contributed by atoms with Crippen molar-refractivity contribution >= 4 is 15.9 Å². The molecule has 4 rings (SSSR count). The van der Waals surface area contributed by atoms with Gasteiger partial charge in [-0.1, -0.05) is 15.9 Å². The van der Waals surface area contributed by atoms with Gasteiger partial charge in [-0.15, -0.1) is 0 Å². The van der Waals surface area contributed by atoms with E-state index in [9.17, 15) is 4.39 Å². The third-order valence-corrected chi connectivity index (χ3v) is 4.77. The Labute approximate surface area is 121 Å². The molecule has 0 saturated carbocycles. The van der Waals surface area contributed by atoms with Crippen LogP contribution in [0.2, 0.25) is 0 Å². The van der Waals surface area contributed by atoms with Crippen LogP contribution in [0.15, 0.2) is 22.7 Å². The molecule has 0 aromatic heterocycles. The third-order valence-electron chi connectivity index (χ3n) is 4.28. The summed E-state index contributed by atoms with van der Waals surface area (Å²) in [4.78, 5) is 4.92. The predicted octanol–water partition coefficient (Wildman–Crippen LogP) is 1.46. The summed E-state index contributed by atoms with van der Waals surface area (Å²) < 4.78 is 14.7. The largest absolute Gasteiger partial charge is 0.326 e. The van der Waals surface area contributed by atoms with Crippen LogP contribution >= 0.6 is 15.9 Å². The van der Waals surface area contributed by atoms with Crippen molar-refractivity contribution in [3.8, 4) is 0 Å². The maximum Gasteiger partial charge on any atom is 0.126 e. The molecule has 3 nitrogen and oxygen atoms in total. The maximum absolute atomic E-state index is 13.8. The van der Waals surface area contributed by atoms with Crippen LogP contribution in [0.1, 0.15) is 5.56 Å². The molecule has 104 valence electrons. The fourth-order valence-electron chi connectivity index (χ4n) is 3.15. The Morgan fingerprint density at radius 3 is 2.68 bits per heavy atom. The SMILES string of the molecule is NC(Cc1cc(Br)ccc1F)C1CN2CCN1CC2. The first kappa shape index (κ1) is 13.5. The summed E-state index contributed by atoms with van der Waals surface area (Å²) in [6.45, 7) is 5.51. The van der Waals surface area contributed by atoms with Crippen LogP contribution in [0.5, 0.6) is 0 Å². The molecule has 0 amide bonds. The van der Waals surface area contributed by atoms with Gasteiger partial charge in [0.2, 0.25) is 0 Å². The molecule has 1 aromatic rings. The third kappa shape index (κ3) is 2.84. The highest BCUT2D eigenvalue weighted by atomic mass is 79.9. The first-order valence-corrected chi connectivity index (χ1v) is 7.59. The lowest BCUT2D eigenvalue weighted by Gasteiger charge is -2.49. The summed E-state index contributed by atoms with van der Waals surface area (Å²) >= 11 is 3.39. The number of halogens is 2. The highest BCUT2D eigenvalue weighted by molar-refractivity contribution is 9.10. The second-order valence-electron chi connectivity index (χ2n) is 5.51. The Balaban J connectivity index is 1.71. The zero-order valence-corrected chi connectivity index (χ0v) is 12.4. The number of rotatable bonds is 3. The van der Waals surface area contributed by atoms with Gasteiger partial charge in [0.15, 0.2) is 0 Å². The molecule has 5 heteroatoms. The standard InChI is InChI=1S/C14H19BrFN3/c15-11-1-2-12(16)10(7-11)8-13(17)14-9-18-3-5-19(14)6-4-18/h1-2,7,13-14H,3-6,8-9,17H2. The Bertz CT molecular complexity index is 460. The van der Waals surface area contributed by atoms with Crippen LogP contribution in [-0.4, -0.2) is 54.6 Å².